The highest BCUT2D eigenvalue weighted by Crippen LogP contribution is 2.24. The Labute approximate surface area is 136 Å². The number of hydrogen-bond acceptors (Lipinski definition) is 2. The number of aromatic nitrogens is 2. The fraction of sp³-hybridized carbons (Fsp3) is 0.263. The molecule has 0 fully saturated rings. The van der Waals surface area contributed by atoms with Crippen molar-refractivity contribution in [3.05, 3.63) is 66.1 Å². The van der Waals surface area contributed by atoms with Gasteiger partial charge in [0.25, 0.3) is 0 Å². The molecule has 0 aliphatic heterocycles. The van der Waals surface area contributed by atoms with E-state index in [9.17, 15) is 4.79 Å². The molecule has 0 saturated heterocycles. The number of pyridine rings is 1. The third-order valence-electron chi connectivity index (χ3n) is 3.92. The molecular formula is C19H21N3O. The van der Waals surface area contributed by atoms with Crippen LogP contribution in [-0.2, 0) is 17.8 Å². The molecular weight excluding hydrogens is 286 g/mol. The van der Waals surface area contributed by atoms with Gasteiger partial charge in [0.15, 0.2) is 0 Å². The van der Waals surface area contributed by atoms with Gasteiger partial charge in [-0.2, -0.15) is 0 Å². The van der Waals surface area contributed by atoms with Crippen LogP contribution in [0.3, 0.4) is 0 Å². The van der Waals surface area contributed by atoms with Crippen molar-refractivity contribution in [1.82, 2.24) is 14.9 Å². The van der Waals surface area contributed by atoms with Crippen LogP contribution in [0.1, 0.15) is 31.1 Å². The van der Waals surface area contributed by atoms with Gasteiger partial charge in [-0.3, -0.25) is 9.78 Å². The van der Waals surface area contributed by atoms with Crippen LogP contribution in [-0.4, -0.2) is 15.5 Å². The third-order valence-corrected chi connectivity index (χ3v) is 3.92. The number of nitrogens with one attached hydrogen (secondary N) is 1. The van der Waals surface area contributed by atoms with E-state index in [-0.39, 0.29) is 5.91 Å². The largest absolute Gasteiger partial charge is 0.350 e. The molecule has 4 nitrogen and oxygen atoms in total. The first-order valence-corrected chi connectivity index (χ1v) is 7.90. The Morgan fingerprint density at radius 1 is 1.17 bits per heavy atom. The number of fused-ring (bicyclic) bond motifs is 1. The maximum atomic E-state index is 12.3. The van der Waals surface area contributed by atoms with E-state index >= 15 is 0 Å². The maximum absolute atomic E-state index is 12.3. The summed E-state index contributed by atoms with van der Waals surface area (Å²) >= 11 is 0. The second kappa shape index (κ2) is 6.65. The summed E-state index contributed by atoms with van der Waals surface area (Å²) in [4.78, 5) is 16.5. The second-order valence-electron chi connectivity index (χ2n) is 5.95. The normalized spacial score (nSPS) is 11.1. The van der Waals surface area contributed by atoms with Crippen LogP contribution in [0.4, 0.5) is 0 Å². The second-order valence-corrected chi connectivity index (χ2v) is 5.95. The standard InChI is InChI=1S/C19H21N3O/c1-14(2)22-13-15(17-8-3-4-9-18(17)22)11-19(23)21-12-16-7-5-6-10-20-16/h3-10,13-14H,11-12H2,1-2H3,(H,21,23). The van der Waals surface area contributed by atoms with Gasteiger partial charge in [-0.1, -0.05) is 24.3 Å². The molecule has 1 amide bonds. The Hall–Kier alpha value is -2.62. The quantitative estimate of drug-likeness (QED) is 0.784. The molecule has 0 bridgehead atoms. The molecule has 4 heteroatoms. The number of nitrogens with zero attached hydrogens (tertiary/aromatic N) is 2. The molecule has 0 spiro atoms. The molecule has 0 saturated carbocycles. The molecule has 0 atom stereocenters. The predicted molar refractivity (Wildman–Crippen MR) is 92.1 cm³/mol. The molecule has 3 rings (SSSR count). The molecule has 1 N–H and O–H groups in total. The average molecular weight is 307 g/mol. The van der Waals surface area contributed by atoms with E-state index in [1.807, 2.05) is 30.3 Å². The number of amides is 1. The number of carbonyl (C=O) groups excluding carboxylic acids is 1. The molecule has 118 valence electrons. The maximum Gasteiger partial charge on any atom is 0.224 e. The lowest BCUT2D eigenvalue weighted by atomic mass is 10.1. The summed E-state index contributed by atoms with van der Waals surface area (Å²) in [5.41, 5.74) is 3.10. The number of carbonyl (C=O) groups is 1. The zero-order valence-corrected chi connectivity index (χ0v) is 13.5. The van der Waals surface area contributed by atoms with E-state index in [1.165, 1.54) is 5.52 Å². The van der Waals surface area contributed by atoms with Crippen molar-refractivity contribution in [2.24, 2.45) is 0 Å². The van der Waals surface area contributed by atoms with Crippen molar-refractivity contribution in [2.45, 2.75) is 32.9 Å². The molecule has 0 radical (unpaired) electrons. The van der Waals surface area contributed by atoms with E-state index < -0.39 is 0 Å². The average Bonchev–Trinajstić information content (AvgIpc) is 2.93. The van der Waals surface area contributed by atoms with E-state index in [0.717, 1.165) is 16.6 Å². The summed E-state index contributed by atoms with van der Waals surface area (Å²) in [5, 5.41) is 4.09. The monoisotopic (exact) mass is 307 g/mol. The van der Waals surface area contributed by atoms with Crippen LogP contribution in [0.2, 0.25) is 0 Å². The highest BCUT2D eigenvalue weighted by molar-refractivity contribution is 5.89. The van der Waals surface area contributed by atoms with Crippen LogP contribution < -0.4 is 5.32 Å². The Kier molecular flexibility index (Phi) is 4.42. The predicted octanol–water partition coefficient (Wildman–Crippen LogP) is 3.48. The molecule has 3 aromatic rings. The number of hydrogen-bond donors (Lipinski definition) is 1. The molecule has 2 heterocycles. The van der Waals surface area contributed by atoms with E-state index in [2.05, 4.69) is 47.0 Å². The van der Waals surface area contributed by atoms with E-state index in [0.29, 0.717) is 19.0 Å². The van der Waals surface area contributed by atoms with E-state index in [4.69, 9.17) is 0 Å². The SMILES string of the molecule is CC(C)n1cc(CC(=O)NCc2ccccn2)c2ccccc21. The Bertz CT molecular complexity index is 806. The molecule has 23 heavy (non-hydrogen) atoms. The van der Waals surface area contributed by atoms with Gasteiger partial charge in [-0.15, -0.1) is 0 Å². The highest BCUT2D eigenvalue weighted by atomic mass is 16.1. The lowest BCUT2D eigenvalue weighted by Crippen LogP contribution is -2.24. The fourth-order valence-electron chi connectivity index (χ4n) is 2.77. The van der Waals surface area contributed by atoms with Crippen molar-refractivity contribution in [2.75, 3.05) is 0 Å². The number of para-hydroxylation sites is 1. The zero-order valence-electron chi connectivity index (χ0n) is 13.5. The Morgan fingerprint density at radius 3 is 2.70 bits per heavy atom. The summed E-state index contributed by atoms with van der Waals surface area (Å²) in [6.45, 7) is 4.76. The van der Waals surface area contributed by atoms with Crippen LogP contribution in [0.25, 0.3) is 10.9 Å². The van der Waals surface area contributed by atoms with Gasteiger partial charge >= 0.3 is 0 Å². The van der Waals surface area contributed by atoms with Gasteiger partial charge < -0.3 is 9.88 Å². The molecule has 1 aromatic carbocycles. The van der Waals surface area contributed by atoms with Crippen molar-refractivity contribution in [3.8, 4) is 0 Å². The summed E-state index contributed by atoms with van der Waals surface area (Å²) in [6, 6.07) is 14.3. The fourth-order valence-corrected chi connectivity index (χ4v) is 2.77. The van der Waals surface area contributed by atoms with Crippen LogP contribution in [0.15, 0.2) is 54.9 Å². The lowest BCUT2D eigenvalue weighted by Gasteiger charge is -2.08. The van der Waals surface area contributed by atoms with Gasteiger partial charge in [0.1, 0.15) is 0 Å². The third kappa shape index (κ3) is 3.42. The summed E-state index contributed by atoms with van der Waals surface area (Å²) in [5.74, 6) is 0.0160. The first-order chi connectivity index (χ1) is 11.1. The summed E-state index contributed by atoms with van der Waals surface area (Å²) < 4.78 is 2.22. The van der Waals surface area contributed by atoms with Crippen molar-refractivity contribution < 1.29 is 4.79 Å². The minimum absolute atomic E-state index is 0.0160. The molecule has 0 aliphatic rings. The van der Waals surface area contributed by atoms with E-state index in [1.54, 1.807) is 6.20 Å². The van der Waals surface area contributed by atoms with Crippen LogP contribution >= 0.6 is 0 Å². The van der Waals surface area contributed by atoms with Crippen molar-refractivity contribution in [3.63, 3.8) is 0 Å². The van der Waals surface area contributed by atoms with Gasteiger partial charge in [0, 0.05) is 29.3 Å². The van der Waals surface area contributed by atoms with Gasteiger partial charge in [-0.05, 0) is 37.6 Å². The van der Waals surface area contributed by atoms with Gasteiger partial charge in [0.05, 0.1) is 18.7 Å². The molecule has 0 aliphatic carbocycles. The first-order valence-electron chi connectivity index (χ1n) is 7.90. The van der Waals surface area contributed by atoms with Gasteiger partial charge in [0.2, 0.25) is 5.91 Å². The number of benzene rings is 1. The Morgan fingerprint density at radius 2 is 1.96 bits per heavy atom. The highest BCUT2D eigenvalue weighted by Gasteiger charge is 2.13. The summed E-state index contributed by atoms with van der Waals surface area (Å²) in [7, 11) is 0. The lowest BCUT2D eigenvalue weighted by molar-refractivity contribution is -0.120. The Balaban J connectivity index is 1.75. The minimum Gasteiger partial charge on any atom is -0.350 e. The summed E-state index contributed by atoms with van der Waals surface area (Å²) in [6.07, 6.45) is 4.21. The smallest absolute Gasteiger partial charge is 0.224 e. The molecule has 0 unspecified atom stereocenters. The number of rotatable bonds is 5. The molecule has 2 aromatic heterocycles. The zero-order chi connectivity index (χ0) is 16.2. The van der Waals surface area contributed by atoms with Crippen molar-refractivity contribution in [1.29, 1.82) is 0 Å². The van der Waals surface area contributed by atoms with Crippen LogP contribution in [0, 0.1) is 0 Å². The minimum atomic E-state index is 0.0160. The first kappa shape index (κ1) is 15.3. The van der Waals surface area contributed by atoms with Crippen LogP contribution in [0.5, 0.6) is 0 Å². The van der Waals surface area contributed by atoms with Gasteiger partial charge in [-0.25, -0.2) is 0 Å². The topological polar surface area (TPSA) is 46.9 Å². The van der Waals surface area contributed by atoms with Crippen molar-refractivity contribution >= 4 is 16.8 Å².